The fraction of sp³-hybridized carbons (Fsp3) is 0.562. The highest BCUT2D eigenvalue weighted by atomic mass is 35.5. The summed E-state index contributed by atoms with van der Waals surface area (Å²) in [6.07, 6.45) is 1.63. The number of hydrogen-bond acceptors (Lipinski definition) is 2. The standard InChI is InChI=1S/C16H21FN2O.ClH/c1-11-4-2-3-5-13(11)16(6-7-16)10-19-15(20)14-8-12(17)9-18-14;/h2-5,12,14,18H,6-10H2,1H3,(H,19,20);1H/t12-,14+;/m0./s1. The van der Waals surface area contributed by atoms with Crippen LogP contribution < -0.4 is 10.6 Å². The Bertz CT molecular complexity index is 519. The molecule has 1 aromatic carbocycles. The Kier molecular flexibility index (Phi) is 4.89. The first-order chi connectivity index (χ1) is 9.61. The average molecular weight is 313 g/mol. The first-order valence-corrected chi connectivity index (χ1v) is 7.32. The van der Waals surface area contributed by atoms with Crippen molar-refractivity contribution in [2.24, 2.45) is 0 Å². The maximum Gasteiger partial charge on any atom is 0.237 e. The number of rotatable bonds is 4. The van der Waals surface area contributed by atoms with Crippen LogP contribution in [0.2, 0.25) is 0 Å². The van der Waals surface area contributed by atoms with Gasteiger partial charge in [0.05, 0.1) is 6.04 Å². The van der Waals surface area contributed by atoms with Crippen LogP contribution >= 0.6 is 12.4 Å². The zero-order valence-corrected chi connectivity index (χ0v) is 13.0. The van der Waals surface area contributed by atoms with E-state index in [-0.39, 0.29) is 29.8 Å². The molecule has 1 amide bonds. The smallest absolute Gasteiger partial charge is 0.237 e. The van der Waals surface area contributed by atoms with Crippen LogP contribution in [0.1, 0.15) is 30.4 Å². The van der Waals surface area contributed by atoms with Crippen molar-refractivity contribution in [3.05, 3.63) is 35.4 Å². The maximum absolute atomic E-state index is 13.1. The predicted molar refractivity (Wildman–Crippen MR) is 83.7 cm³/mol. The van der Waals surface area contributed by atoms with Gasteiger partial charge < -0.3 is 10.6 Å². The summed E-state index contributed by atoms with van der Waals surface area (Å²) in [6, 6.07) is 7.99. The third-order valence-corrected chi connectivity index (χ3v) is 4.56. The zero-order valence-electron chi connectivity index (χ0n) is 12.2. The van der Waals surface area contributed by atoms with Crippen molar-refractivity contribution in [3.8, 4) is 0 Å². The van der Waals surface area contributed by atoms with E-state index in [2.05, 4.69) is 35.8 Å². The fourth-order valence-corrected chi connectivity index (χ4v) is 3.13. The Morgan fingerprint density at radius 1 is 1.43 bits per heavy atom. The maximum atomic E-state index is 13.1. The summed E-state index contributed by atoms with van der Waals surface area (Å²) in [4.78, 5) is 12.0. The Morgan fingerprint density at radius 3 is 2.71 bits per heavy atom. The van der Waals surface area contributed by atoms with Crippen LogP contribution in [0.5, 0.6) is 0 Å². The second kappa shape index (κ2) is 6.32. The minimum absolute atomic E-state index is 0. The molecular formula is C16H22ClFN2O. The third-order valence-electron chi connectivity index (χ3n) is 4.56. The average Bonchev–Trinajstić information content (AvgIpc) is 3.10. The molecule has 1 heterocycles. The SMILES string of the molecule is Cc1ccccc1C1(CNC(=O)[C@H]2C[C@H](F)CN2)CC1.Cl. The fourth-order valence-electron chi connectivity index (χ4n) is 3.13. The summed E-state index contributed by atoms with van der Waals surface area (Å²) in [7, 11) is 0. The molecule has 1 aliphatic carbocycles. The summed E-state index contributed by atoms with van der Waals surface area (Å²) in [6.45, 7) is 3.07. The lowest BCUT2D eigenvalue weighted by atomic mass is 9.92. The molecule has 0 bridgehead atoms. The normalized spacial score (nSPS) is 26.0. The molecular weight excluding hydrogens is 291 g/mol. The van der Waals surface area contributed by atoms with Crippen LogP contribution in [0.15, 0.2) is 24.3 Å². The topological polar surface area (TPSA) is 41.1 Å². The summed E-state index contributed by atoms with van der Waals surface area (Å²) >= 11 is 0. The van der Waals surface area contributed by atoms with Crippen LogP contribution in [-0.2, 0) is 10.2 Å². The van der Waals surface area contributed by atoms with Crippen LogP contribution in [0.4, 0.5) is 4.39 Å². The number of aryl methyl sites for hydroxylation is 1. The Morgan fingerprint density at radius 2 is 2.14 bits per heavy atom. The summed E-state index contributed by atoms with van der Waals surface area (Å²) in [5.41, 5.74) is 2.72. The van der Waals surface area contributed by atoms with Crippen LogP contribution in [0.25, 0.3) is 0 Å². The van der Waals surface area contributed by atoms with E-state index < -0.39 is 6.17 Å². The van der Waals surface area contributed by atoms with Crippen molar-refractivity contribution in [2.75, 3.05) is 13.1 Å². The molecule has 21 heavy (non-hydrogen) atoms. The van der Waals surface area contributed by atoms with Crippen LogP contribution in [0, 0.1) is 6.92 Å². The highest BCUT2D eigenvalue weighted by Crippen LogP contribution is 2.48. The van der Waals surface area contributed by atoms with Gasteiger partial charge in [0.1, 0.15) is 6.17 Å². The molecule has 2 fully saturated rings. The molecule has 1 aromatic rings. The van der Waals surface area contributed by atoms with Crippen molar-refractivity contribution in [2.45, 2.75) is 43.8 Å². The molecule has 1 saturated carbocycles. The van der Waals surface area contributed by atoms with Gasteiger partial charge in [-0.25, -0.2) is 4.39 Å². The molecule has 3 nitrogen and oxygen atoms in total. The van der Waals surface area contributed by atoms with Gasteiger partial charge in [-0.1, -0.05) is 24.3 Å². The first kappa shape index (κ1) is 16.2. The van der Waals surface area contributed by atoms with Crippen molar-refractivity contribution in [3.63, 3.8) is 0 Å². The van der Waals surface area contributed by atoms with E-state index in [4.69, 9.17) is 0 Å². The van der Waals surface area contributed by atoms with Gasteiger partial charge in [-0.3, -0.25) is 4.79 Å². The lowest BCUT2D eigenvalue weighted by Gasteiger charge is -2.20. The predicted octanol–water partition coefficient (Wildman–Crippen LogP) is 2.26. The van der Waals surface area contributed by atoms with Gasteiger partial charge in [-0.15, -0.1) is 12.4 Å². The van der Waals surface area contributed by atoms with Gasteiger partial charge >= 0.3 is 0 Å². The molecule has 2 atom stereocenters. The summed E-state index contributed by atoms with van der Waals surface area (Å²) in [5, 5.41) is 5.93. The van der Waals surface area contributed by atoms with E-state index in [0.717, 1.165) is 12.8 Å². The quantitative estimate of drug-likeness (QED) is 0.895. The molecule has 0 unspecified atom stereocenters. The number of halogens is 2. The molecule has 1 aliphatic heterocycles. The number of amides is 1. The van der Waals surface area contributed by atoms with Gasteiger partial charge in [0, 0.05) is 24.9 Å². The molecule has 1 saturated heterocycles. The molecule has 2 N–H and O–H groups in total. The highest BCUT2D eigenvalue weighted by molar-refractivity contribution is 5.85. The van der Waals surface area contributed by atoms with E-state index in [1.807, 2.05) is 6.07 Å². The van der Waals surface area contributed by atoms with Crippen molar-refractivity contribution < 1.29 is 9.18 Å². The van der Waals surface area contributed by atoms with Gasteiger partial charge in [0.15, 0.2) is 0 Å². The van der Waals surface area contributed by atoms with Crippen LogP contribution in [-0.4, -0.2) is 31.2 Å². The Labute approximate surface area is 131 Å². The number of benzene rings is 1. The van der Waals surface area contributed by atoms with Gasteiger partial charge in [0.2, 0.25) is 5.91 Å². The van der Waals surface area contributed by atoms with Crippen molar-refractivity contribution in [1.82, 2.24) is 10.6 Å². The molecule has 0 aromatic heterocycles. The molecule has 116 valence electrons. The minimum Gasteiger partial charge on any atom is -0.354 e. The third kappa shape index (κ3) is 3.38. The zero-order chi connectivity index (χ0) is 14.2. The minimum atomic E-state index is -0.892. The van der Waals surface area contributed by atoms with Crippen molar-refractivity contribution >= 4 is 18.3 Å². The van der Waals surface area contributed by atoms with E-state index in [1.54, 1.807) is 0 Å². The summed E-state index contributed by atoms with van der Waals surface area (Å²) in [5.74, 6) is -0.0648. The number of nitrogens with one attached hydrogen (secondary N) is 2. The second-order valence-corrected chi connectivity index (χ2v) is 6.11. The van der Waals surface area contributed by atoms with E-state index in [0.29, 0.717) is 19.5 Å². The summed E-state index contributed by atoms with van der Waals surface area (Å²) < 4.78 is 13.1. The van der Waals surface area contributed by atoms with E-state index in [1.165, 1.54) is 11.1 Å². The lowest BCUT2D eigenvalue weighted by molar-refractivity contribution is -0.123. The monoisotopic (exact) mass is 312 g/mol. The number of carbonyl (C=O) groups excluding carboxylic acids is 1. The van der Waals surface area contributed by atoms with E-state index in [9.17, 15) is 9.18 Å². The number of alkyl halides is 1. The van der Waals surface area contributed by atoms with Gasteiger partial charge in [0.25, 0.3) is 0 Å². The Hall–Kier alpha value is -1.13. The van der Waals surface area contributed by atoms with Gasteiger partial charge in [-0.05, 0) is 30.9 Å². The molecule has 0 radical (unpaired) electrons. The lowest BCUT2D eigenvalue weighted by Crippen LogP contribution is -2.43. The second-order valence-electron chi connectivity index (χ2n) is 6.11. The largest absolute Gasteiger partial charge is 0.354 e. The Balaban J connectivity index is 0.00000161. The number of hydrogen-bond donors (Lipinski definition) is 2. The van der Waals surface area contributed by atoms with E-state index >= 15 is 0 Å². The number of carbonyl (C=O) groups is 1. The van der Waals surface area contributed by atoms with Crippen LogP contribution in [0.3, 0.4) is 0 Å². The molecule has 2 aliphatic rings. The van der Waals surface area contributed by atoms with Crippen molar-refractivity contribution in [1.29, 1.82) is 0 Å². The molecule has 5 heteroatoms. The molecule has 3 rings (SSSR count). The first-order valence-electron chi connectivity index (χ1n) is 7.32. The highest BCUT2D eigenvalue weighted by Gasteiger charge is 2.45. The molecule has 0 spiro atoms. The van der Waals surface area contributed by atoms with Gasteiger partial charge in [-0.2, -0.15) is 0 Å².